The molecule has 7 nitrogen and oxygen atoms in total. The van der Waals surface area contributed by atoms with Crippen LogP contribution in [0.15, 0.2) is 146 Å². The fourth-order valence-corrected chi connectivity index (χ4v) is 17.0. The molecule has 8 rings (SSSR count). The molecule has 1 N–H and O–H groups in total. The molecule has 0 fully saturated rings. The van der Waals surface area contributed by atoms with Crippen LogP contribution in [0.25, 0.3) is 22.3 Å². The van der Waals surface area contributed by atoms with Crippen LogP contribution in [0.1, 0.15) is 233 Å². The molecule has 502 valence electrons. The molecule has 0 aliphatic carbocycles. The Bertz CT molecular complexity index is 4000. The molecule has 0 spiro atoms. The normalized spacial score (nSPS) is 13.9. The number of aryl methyl sites for hydroxylation is 4. The van der Waals surface area contributed by atoms with Crippen molar-refractivity contribution >= 4 is 44.6 Å². The Labute approximate surface area is 568 Å². The van der Waals surface area contributed by atoms with Gasteiger partial charge in [-0.05, 0) is 211 Å². The molecule has 0 saturated heterocycles. The Hall–Kier alpha value is -6.19. The number of hydrogen-bond acceptors (Lipinski definition) is 6. The molecule has 0 bridgehead atoms. The third kappa shape index (κ3) is 16.4. The molecule has 8 aromatic carbocycles. The molecule has 8 aromatic rings. The number of benzene rings is 8. The van der Waals surface area contributed by atoms with Crippen molar-refractivity contribution in [1.82, 2.24) is 0 Å². The van der Waals surface area contributed by atoms with Crippen molar-refractivity contribution in [3.63, 3.8) is 0 Å². The predicted octanol–water partition coefficient (Wildman–Crippen LogP) is 22.9. The summed E-state index contributed by atoms with van der Waals surface area (Å²) in [5.74, 6) is 2.67. The van der Waals surface area contributed by atoms with E-state index in [9.17, 15) is 9.46 Å². The Kier molecular flexibility index (Phi) is 20.4. The highest BCUT2D eigenvalue weighted by Crippen LogP contribution is 2.54. The van der Waals surface area contributed by atoms with Gasteiger partial charge in [0.25, 0.3) is 7.37 Å². The lowest BCUT2D eigenvalue weighted by atomic mass is 9.78. The van der Waals surface area contributed by atoms with Gasteiger partial charge in [-0.25, -0.2) is 4.57 Å². The summed E-state index contributed by atoms with van der Waals surface area (Å²) in [6.45, 7) is 61.6. The van der Waals surface area contributed by atoms with Gasteiger partial charge in [0.2, 0.25) is 0 Å². The molecule has 0 aromatic heterocycles. The van der Waals surface area contributed by atoms with Gasteiger partial charge in [-0.3, -0.25) is 4.57 Å². The van der Waals surface area contributed by atoms with Gasteiger partial charge >= 0.3 is 16.0 Å². The average Bonchev–Trinajstić information content (AvgIpc) is 0.782. The highest BCUT2D eigenvalue weighted by molar-refractivity contribution is 7.73. The lowest BCUT2D eigenvalue weighted by Gasteiger charge is -2.32. The second-order valence-electron chi connectivity index (χ2n) is 34.5. The molecule has 0 heterocycles. The summed E-state index contributed by atoms with van der Waals surface area (Å²) in [7, 11) is -9.94. The van der Waals surface area contributed by atoms with Crippen LogP contribution in [0.5, 0.6) is 23.0 Å². The zero-order valence-corrected chi connectivity index (χ0v) is 64.8. The van der Waals surface area contributed by atoms with Crippen LogP contribution in [0.2, 0.25) is 0 Å². The minimum atomic E-state index is -4.20. The van der Waals surface area contributed by atoms with Crippen LogP contribution in [0.4, 0.5) is 0 Å². The van der Waals surface area contributed by atoms with Crippen molar-refractivity contribution in [2.75, 3.05) is 0 Å². The molecule has 0 aliphatic heterocycles. The molecule has 1 unspecified atom stereocenters. The highest BCUT2D eigenvalue weighted by atomic mass is 31.2. The van der Waals surface area contributed by atoms with E-state index in [2.05, 4.69) is 255 Å². The molecular formula is C84H109O7P3. The molecular weight excluding hydrogens is 1210 g/mol. The first-order valence-corrected chi connectivity index (χ1v) is 37.8. The van der Waals surface area contributed by atoms with Crippen LogP contribution in [-0.2, 0) is 52.5 Å². The van der Waals surface area contributed by atoms with E-state index < -0.39 is 23.3 Å². The van der Waals surface area contributed by atoms with Crippen LogP contribution >= 0.6 is 23.3 Å². The lowest BCUT2D eigenvalue weighted by Crippen LogP contribution is -2.22. The molecule has 94 heavy (non-hydrogen) atoms. The minimum Gasteiger partial charge on any atom is -0.435 e. The fourth-order valence-electron chi connectivity index (χ4n) is 12.8. The van der Waals surface area contributed by atoms with Crippen molar-refractivity contribution in [2.24, 2.45) is 0 Å². The largest absolute Gasteiger partial charge is 0.462 e. The van der Waals surface area contributed by atoms with Crippen molar-refractivity contribution < 1.29 is 32.1 Å². The van der Waals surface area contributed by atoms with E-state index in [1.54, 1.807) is 24.3 Å². The van der Waals surface area contributed by atoms with Gasteiger partial charge in [-0.2, -0.15) is 0 Å². The average molecular weight is 1320 g/mol. The molecule has 0 radical (unpaired) electrons. The quantitative estimate of drug-likeness (QED) is 0.108. The van der Waals surface area contributed by atoms with Gasteiger partial charge in [-0.15, -0.1) is 0 Å². The first kappa shape index (κ1) is 73.6. The summed E-state index contributed by atoms with van der Waals surface area (Å²) < 4.78 is 59.1. The van der Waals surface area contributed by atoms with Crippen molar-refractivity contribution in [3.8, 4) is 45.3 Å². The topological polar surface area (TPSA) is 91.3 Å². The summed E-state index contributed by atoms with van der Waals surface area (Å²) in [4.78, 5) is 11.9. The van der Waals surface area contributed by atoms with E-state index in [0.29, 0.717) is 27.4 Å². The van der Waals surface area contributed by atoms with Crippen molar-refractivity contribution in [2.45, 2.75) is 237 Å². The van der Waals surface area contributed by atoms with Crippen LogP contribution in [-0.4, -0.2) is 4.89 Å². The Morgan fingerprint density at radius 2 is 0.500 bits per heavy atom. The number of hydrogen-bond donors (Lipinski definition) is 1. The van der Waals surface area contributed by atoms with Gasteiger partial charge in [0.1, 0.15) is 23.0 Å². The zero-order chi connectivity index (χ0) is 70.2. The van der Waals surface area contributed by atoms with Gasteiger partial charge in [-0.1, -0.05) is 239 Å². The lowest BCUT2D eigenvalue weighted by molar-refractivity contribution is 0.387. The van der Waals surface area contributed by atoms with E-state index >= 15 is 4.57 Å². The Morgan fingerprint density at radius 1 is 0.287 bits per heavy atom. The maximum Gasteiger partial charge on any atom is 0.462 e. The smallest absolute Gasteiger partial charge is 0.435 e. The van der Waals surface area contributed by atoms with Crippen molar-refractivity contribution in [3.05, 3.63) is 212 Å². The first-order chi connectivity index (χ1) is 42.9. The maximum absolute atomic E-state index is 16.1. The predicted molar refractivity (Wildman–Crippen MR) is 403 cm³/mol. The zero-order valence-electron chi connectivity index (χ0n) is 62.1. The molecule has 0 aliphatic rings. The highest BCUT2D eigenvalue weighted by Gasteiger charge is 2.39. The summed E-state index contributed by atoms with van der Waals surface area (Å²) in [6, 6.07) is 47.8. The molecule has 1 atom stereocenters. The van der Waals surface area contributed by atoms with Crippen LogP contribution in [0.3, 0.4) is 0 Å². The number of rotatable bonds is 14. The van der Waals surface area contributed by atoms with Gasteiger partial charge < -0.3 is 23.0 Å². The monoisotopic (exact) mass is 1320 g/mol. The second-order valence-corrected chi connectivity index (χ2v) is 40.0. The Balaban J connectivity index is 1.10. The standard InChI is InChI=1S/C84H109O7P3/c1-53-45-73(69(81(17,18)19)49-65(53)77(5,6)7)88-92(89-74-46-54(2)66(78(8,9)10)50-70(74)82(20,21)22)61-37-29-57(30-38-61)58-31-39-62(40-32-58)93(85,86)63-41-33-59(34-42-63)60-35-43-64(44-36-60)94(87,90-75-47-55(3)67(79(11,12)13)51-71(75)83(23,24)25)91-76-48-56(4)68(80(14,15)16)52-72(76)84(26,27)28/h29-52H,1-28H3,(H,85,86). The van der Waals surface area contributed by atoms with Crippen LogP contribution in [0, 0.1) is 27.7 Å². The van der Waals surface area contributed by atoms with Crippen molar-refractivity contribution in [1.29, 1.82) is 0 Å². The Morgan fingerprint density at radius 3 is 0.745 bits per heavy atom. The molecule has 0 saturated carbocycles. The van der Waals surface area contributed by atoms with Gasteiger partial charge in [0.15, 0.2) is 0 Å². The second kappa shape index (κ2) is 26.0. The van der Waals surface area contributed by atoms with E-state index in [1.807, 2.05) is 60.7 Å². The van der Waals surface area contributed by atoms with E-state index in [0.717, 1.165) is 72.4 Å². The SMILES string of the molecule is Cc1cc(OP(Oc2cc(C)c(C(C)(C)C)cc2C(C)(C)C)c2ccc(-c3ccc(P(=O)(O)c4ccc(-c5ccc(P(=O)(Oc6cc(C)c(C(C)(C)C)cc6C(C)(C)C)Oc6cc(C)c(C(C)(C)C)cc6C(C)(C)C)cc5)cc4)cc3)cc2)c(C(C)(C)C)cc1C(C)(C)C. The van der Waals surface area contributed by atoms with E-state index in [1.165, 1.54) is 33.4 Å². The summed E-state index contributed by atoms with van der Waals surface area (Å²) in [5, 5.41) is 1.95. The molecule has 0 amide bonds. The summed E-state index contributed by atoms with van der Waals surface area (Å²) >= 11 is 0. The summed E-state index contributed by atoms with van der Waals surface area (Å²) in [5.41, 5.74) is 15.6. The maximum atomic E-state index is 16.1. The van der Waals surface area contributed by atoms with Crippen LogP contribution < -0.4 is 39.3 Å². The van der Waals surface area contributed by atoms with E-state index in [-0.39, 0.29) is 43.3 Å². The first-order valence-electron chi connectivity index (χ1n) is 33.4. The van der Waals surface area contributed by atoms with Gasteiger partial charge in [0, 0.05) is 32.9 Å². The third-order valence-electron chi connectivity index (χ3n) is 17.9. The minimum absolute atomic E-state index is 0.0525. The third-order valence-corrected chi connectivity index (χ3v) is 23.2. The summed E-state index contributed by atoms with van der Waals surface area (Å²) in [6.07, 6.45) is 0. The molecule has 10 heteroatoms. The fraction of sp³-hybridized carbons (Fsp3) is 0.429. The van der Waals surface area contributed by atoms with E-state index in [4.69, 9.17) is 18.1 Å². The van der Waals surface area contributed by atoms with Gasteiger partial charge in [0.05, 0.1) is 10.6 Å².